The first-order valence-electron chi connectivity index (χ1n) is 6.02. The van der Waals surface area contributed by atoms with Crippen LogP contribution in [0.5, 0.6) is 0 Å². The van der Waals surface area contributed by atoms with Gasteiger partial charge in [-0.3, -0.25) is 9.78 Å². The molecule has 2 heterocycles. The number of carbonyl (C=O) groups is 1. The molecule has 0 amide bonds. The minimum Gasteiger partial charge on any atom is -0.375 e. The number of thiol groups is 1. The van der Waals surface area contributed by atoms with Crippen LogP contribution in [-0.2, 0) is 4.79 Å². The summed E-state index contributed by atoms with van der Waals surface area (Å²) in [6, 6.07) is 5.96. The molecule has 0 aliphatic carbocycles. The molecule has 0 unspecified atom stereocenters. The van der Waals surface area contributed by atoms with Crippen molar-refractivity contribution in [3.8, 4) is 6.07 Å². The zero-order valence-corrected chi connectivity index (χ0v) is 11.7. The Balaban J connectivity index is 2.59. The van der Waals surface area contributed by atoms with E-state index in [2.05, 4.69) is 29.0 Å². The summed E-state index contributed by atoms with van der Waals surface area (Å²) in [6.45, 7) is 3.37. The van der Waals surface area contributed by atoms with Gasteiger partial charge in [0.15, 0.2) is 5.78 Å². The van der Waals surface area contributed by atoms with Crippen molar-refractivity contribution in [1.82, 2.24) is 10.3 Å². The number of nitriles is 1. The van der Waals surface area contributed by atoms with Gasteiger partial charge >= 0.3 is 0 Å². The second kappa shape index (κ2) is 5.45. The molecule has 2 rings (SSSR count). The maximum Gasteiger partial charge on any atom is 0.158 e. The fourth-order valence-corrected chi connectivity index (χ4v) is 2.98. The van der Waals surface area contributed by atoms with E-state index in [1.165, 1.54) is 6.92 Å². The van der Waals surface area contributed by atoms with Gasteiger partial charge in [0.2, 0.25) is 0 Å². The SMILES string of the molecule is CC(=O)C1=C(C)N[C@@H](S)[C@H](C#N)[C@@H]1c1cccnc1. The van der Waals surface area contributed by atoms with Gasteiger partial charge < -0.3 is 5.32 Å². The van der Waals surface area contributed by atoms with E-state index >= 15 is 0 Å². The van der Waals surface area contributed by atoms with Crippen molar-refractivity contribution in [2.75, 3.05) is 0 Å². The zero-order chi connectivity index (χ0) is 14.0. The molecule has 98 valence electrons. The summed E-state index contributed by atoms with van der Waals surface area (Å²) in [6.07, 6.45) is 3.38. The third kappa shape index (κ3) is 2.49. The Bertz CT molecular complexity index is 562. The number of hydrogen-bond acceptors (Lipinski definition) is 5. The maximum absolute atomic E-state index is 11.9. The van der Waals surface area contributed by atoms with E-state index in [-0.39, 0.29) is 17.1 Å². The smallest absolute Gasteiger partial charge is 0.158 e. The summed E-state index contributed by atoms with van der Waals surface area (Å²) in [4.78, 5) is 16.0. The van der Waals surface area contributed by atoms with E-state index in [0.717, 1.165) is 11.3 Å². The lowest BCUT2D eigenvalue weighted by Crippen LogP contribution is -2.41. The second-order valence-corrected chi connectivity index (χ2v) is 5.16. The number of nitrogens with zero attached hydrogens (tertiary/aromatic N) is 2. The Hall–Kier alpha value is -1.80. The quantitative estimate of drug-likeness (QED) is 0.809. The number of hydrogen-bond donors (Lipinski definition) is 2. The van der Waals surface area contributed by atoms with Crippen molar-refractivity contribution in [2.45, 2.75) is 25.1 Å². The molecule has 0 saturated heterocycles. The van der Waals surface area contributed by atoms with Gasteiger partial charge in [-0.1, -0.05) is 6.07 Å². The Kier molecular flexibility index (Phi) is 3.91. The zero-order valence-electron chi connectivity index (χ0n) is 10.8. The Morgan fingerprint density at radius 3 is 2.84 bits per heavy atom. The van der Waals surface area contributed by atoms with E-state index in [0.29, 0.717) is 5.57 Å². The second-order valence-electron chi connectivity index (χ2n) is 4.60. The Morgan fingerprint density at radius 1 is 1.58 bits per heavy atom. The molecule has 1 aliphatic rings. The van der Waals surface area contributed by atoms with Crippen LogP contribution in [0, 0.1) is 17.2 Å². The highest BCUT2D eigenvalue weighted by Gasteiger charge is 2.38. The standard InChI is InChI=1S/C14H15N3OS/c1-8-12(9(2)18)13(10-4-3-5-16-7-10)11(6-15)14(19)17-8/h3-5,7,11,13-14,17,19H,1-2H3/t11-,13+,14+/m1/s1. The van der Waals surface area contributed by atoms with Gasteiger partial charge in [-0.15, -0.1) is 0 Å². The van der Waals surface area contributed by atoms with Crippen molar-refractivity contribution < 1.29 is 4.79 Å². The fourth-order valence-electron chi connectivity index (χ4n) is 2.55. The van der Waals surface area contributed by atoms with Gasteiger partial charge in [0.25, 0.3) is 0 Å². The average molecular weight is 273 g/mol. The van der Waals surface area contributed by atoms with Gasteiger partial charge in [-0.2, -0.15) is 17.9 Å². The van der Waals surface area contributed by atoms with E-state index in [1.54, 1.807) is 12.4 Å². The number of nitrogens with one attached hydrogen (secondary N) is 1. The molecule has 0 spiro atoms. The van der Waals surface area contributed by atoms with Gasteiger partial charge in [0.1, 0.15) is 0 Å². The summed E-state index contributed by atoms with van der Waals surface area (Å²) in [7, 11) is 0. The average Bonchev–Trinajstić information content (AvgIpc) is 2.38. The summed E-state index contributed by atoms with van der Waals surface area (Å²) in [5.74, 6) is -0.714. The number of rotatable bonds is 2. The van der Waals surface area contributed by atoms with Crippen molar-refractivity contribution in [3.63, 3.8) is 0 Å². The van der Waals surface area contributed by atoms with E-state index in [4.69, 9.17) is 0 Å². The van der Waals surface area contributed by atoms with E-state index < -0.39 is 5.92 Å². The van der Waals surface area contributed by atoms with E-state index in [1.807, 2.05) is 19.1 Å². The lowest BCUT2D eigenvalue weighted by Gasteiger charge is -2.35. The van der Waals surface area contributed by atoms with Crippen molar-refractivity contribution in [2.24, 2.45) is 5.92 Å². The molecule has 5 heteroatoms. The predicted octanol–water partition coefficient (Wildman–Crippen LogP) is 2.03. The van der Waals surface area contributed by atoms with Crippen molar-refractivity contribution in [1.29, 1.82) is 5.26 Å². The number of carbonyl (C=O) groups excluding carboxylic acids is 1. The lowest BCUT2D eigenvalue weighted by molar-refractivity contribution is -0.114. The first-order valence-corrected chi connectivity index (χ1v) is 6.53. The van der Waals surface area contributed by atoms with Crippen molar-refractivity contribution >= 4 is 18.4 Å². The number of Topliss-reactive ketones (excluding diaryl/α,β-unsaturated/α-hetero) is 1. The molecule has 3 atom stereocenters. The van der Waals surface area contributed by atoms with Crippen LogP contribution in [0.2, 0.25) is 0 Å². The Morgan fingerprint density at radius 2 is 2.32 bits per heavy atom. The molecule has 0 radical (unpaired) electrons. The summed E-state index contributed by atoms with van der Waals surface area (Å²) in [5, 5.41) is 12.2. The van der Waals surface area contributed by atoms with Crippen molar-refractivity contribution in [3.05, 3.63) is 41.4 Å². The Labute approximate surface area is 117 Å². The van der Waals surface area contributed by atoms with Crippen LogP contribution in [-0.4, -0.2) is 16.1 Å². The molecule has 4 nitrogen and oxygen atoms in total. The highest BCUT2D eigenvalue weighted by molar-refractivity contribution is 7.80. The molecule has 1 aromatic heterocycles. The molecule has 1 N–H and O–H groups in total. The van der Waals surface area contributed by atoms with E-state index in [9.17, 15) is 10.1 Å². The van der Waals surface area contributed by atoms with Gasteiger partial charge in [-0.05, 0) is 25.5 Å². The van der Waals surface area contributed by atoms with Crippen LogP contribution < -0.4 is 5.32 Å². The number of ketones is 1. The molecular formula is C14H15N3OS. The minimum atomic E-state index is -0.407. The summed E-state index contributed by atoms with van der Waals surface area (Å²) in [5.41, 5.74) is 2.30. The monoisotopic (exact) mass is 273 g/mol. The van der Waals surface area contributed by atoms with Gasteiger partial charge in [-0.25, -0.2) is 0 Å². The third-order valence-corrected chi connectivity index (χ3v) is 3.80. The van der Waals surface area contributed by atoms with Crippen LogP contribution in [0.3, 0.4) is 0 Å². The fraction of sp³-hybridized carbons (Fsp3) is 0.357. The molecule has 0 aromatic carbocycles. The summed E-state index contributed by atoms with van der Waals surface area (Å²) < 4.78 is 0. The maximum atomic E-state index is 11.9. The summed E-state index contributed by atoms with van der Waals surface area (Å²) >= 11 is 4.41. The predicted molar refractivity (Wildman–Crippen MR) is 75.4 cm³/mol. The lowest BCUT2D eigenvalue weighted by atomic mass is 9.77. The minimum absolute atomic E-state index is 0.0284. The first-order chi connectivity index (χ1) is 9.06. The molecule has 0 saturated carbocycles. The molecule has 1 aromatic rings. The topological polar surface area (TPSA) is 65.8 Å². The molecule has 0 fully saturated rings. The van der Waals surface area contributed by atoms with Crippen LogP contribution in [0.4, 0.5) is 0 Å². The molecule has 0 bridgehead atoms. The molecular weight excluding hydrogens is 258 g/mol. The number of allylic oxidation sites excluding steroid dienone is 2. The highest BCUT2D eigenvalue weighted by atomic mass is 32.1. The van der Waals surface area contributed by atoms with Crippen LogP contribution >= 0.6 is 12.6 Å². The van der Waals surface area contributed by atoms with Crippen LogP contribution in [0.25, 0.3) is 0 Å². The van der Waals surface area contributed by atoms with Gasteiger partial charge in [0, 0.05) is 29.6 Å². The van der Waals surface area contributed by atoms with Gasteiger partial charge in [0.05, 0.1) is 17.4 Å². The first kappa shape index (κ1) is 13.6. The molecule has 19 heavy (non-hydrogen) atoms. The number of pyridine rings is 1. The number of aromatic nitrogens is 1. The van der Waals surface area contributed by atoms with Crippen LogP contribution in [0.15, 0.2) is 35.8 Å². The normalized spacial score (nSPS) is 26.5. The molecule has 1 aliphatic heterocycles. The largest absolute Gasteiger partial charge is 0.375 e. The van der Waals surface area contributed by atoms with Crippen LogP contribution in [0.1, 0.15) is 25.3 Å². The highest BCUT2D eigenvalue weighted by Crippen LogP contribution is 2.39. The third-order valence-electron chi connectivity index (χ3n) is 3.35.